The number of hydrogen-bond acceptors (Lipinski definition) is 3. The third kappa shape index (κ3) is 2.10. The normalized spacial score (nSPS) is 10.6. The third-order valence-electron chi connectivity index (χ3n) is 3.47. The van der Waals surface area contributed by atoms with Gasteiger partial charge in [-0.3, -0.25) is 0 Å². The zero-order chi connectivity index (χ0) is 13.9. The maximum atomic E-state index is 8.88. The second-order valence-corrected chi connectivity index (χ2v) is 4.67. The number of nitriles is 1. The Morgan fingerprint density at radius 2 is 1.95 bits per heavy atom. The Kier molecular flexibility index (Phi) is 3.10. The molecule has 0 aliphatic heterocycles. The Hall–Kier alpha value is -2.80. The number of aromatic nitrogens is 2. The summed E-state index contributed by atoms with van der Waals surface area (Å²) in [4.78, 5) is 0. The molecule has 0 aliphatic carbocycles. The van der Waals surface area contributed by atoms with Gasteiger partial charge in [-0.15, -0.1) is 0 Å². The molecule has 1 heterocycles. The van der Waals surface area contributed by atoms with Crippen LogP contribution in [0.25, 0.3) is 10.8 Å². The molecule has 0 aliphatic rings. The minimum atomic E-state index is 0.433. The van der Waals surface area contributed by atoms with Crippen molar-refractivity contribution in [3.05, 3.63) is 59.8 Å². The highest BCUT2D eigenvalue weighted by molar-refractivity contribution is 5.85. The van der Waals surface area contributed by atoms with Gasteiger partial charge in [0.15, 0.2) is 0 Å². The fourth-order valence-corrected chi connectivity index (χ4v) is 2.40. The molecular weight excluding hydrogens is 248 g/mol. The molecule has 2 aromatic carbocycles. The lowest BCUT2D eigenvalue weighted by Crippen LogP contribution is -2.07. The summed E-state index contributed by atoms with van der Waals surface area (Å²) >= 11 is 0. The number of nitrogens with two attached hydrogens (primary N) is 1. The Balaban J connectivity index is 1.87. The van der Waals surface area contributed by atoms with Crippen LogP contribution in [0.5, 0.6) is 0 Å². The van der Waals surface area contributed by atoms with Crippen LogP contribution in [0.15, 0.2) is 48.7 Å². The summed E-state index contributed by atoms with van der Waals surface area (Å²) in [5.74, 6) is 0.438. The van der Waals surface area contributed by atoms with Gasteiger partial charge in [-0.25, -0.2) is 4.68 Å². The first-order chi connectivity index (χ1) is 9.79. The topological polar surface area (TPSA) is 67.6 Å². The van der Waals surface area contributed by atoms with E-state index in [0.717, 1.165) is 6.42 Å². The molecule has 0 bridgehead atoms. The number of rotatable bonds is 3. The molecule has 0 saturated carbocycles. The number of aryl methyl sites for hydroxylation is 2. The van der Waals surface area contributed by atoms with E-state index in [9.17, 15) is 0 Å². The second-order valence-electron chi connectivity index (χ2n) is 4.67. The smallest absolute Gasteiger partial charge is 0.139 e. The van der Waals surface area contributed by atoms with Crippen LogP contribution in [0.4, 0.5) is 5.82 Å². The molecule has 20 heavy (non-hydrogen) atoms. The van der Waals surface area contributed by atoms with Crippen molar-refractivity contribution in [3.63, 3.8) is 0 Å². The van der Waals surface area contributed by atoms with Gasteiger partial charge in [0.05, 0.1) is 6.20 Å². The molecule has 0 radical (unpaired) electrons. The van der Waals surface area contributed by atoms with Crippen molar-refractivity contribution in [2.24, 2.45) is 0 Å². The first-order valence-electron chi connectivity index (χ1n) is 6.47. The van der Waals surface area contributed by atoms with Gasteiger partial charge < -0.3 is 5.73 Å². The zero-order valence-corrected chi connectivity index (χ0v) is 11.0. The highest BCUT2D eigenvalue weighted by Gasteiger charge is 2.07. The van der Waals surface area contributed by atoms with Gasteiger partial charge in [-0.2, -0.15) is 10.4 Å². The predicted octanol–water partition coefficient (Wildman–Crippen LogP) is 2.73. The summed E-state index contributed by atoms with van der Waals surface area (Å²) in [6.07, 6.45) is 2.34. The van der Waals surface area contributed by atoms with Crippen molar-refractivity contribution in [1.82, 2.24) is 9.78 Å². The van der Waals surface area contributed by atoms with Crippen LogP contribution in [-0.2, 0) is 13.0 Å². The third-order valence-corrected chi connectivity index (χ3v) is 3.47. The SMILES string of the molecule is N#Cc1cnn(CCc2cccc3ccccc23)c1N. The molecule has 0 amide bonds. The first kappa shape index (κ1) is 12.2. The van der Waals surface area contributed by atoms with E-state index in [4.69, 9.17) is 11.0 Å². The lowest BCUT2D eigenvalue weighted by atomic mass is 10.0. The average molecular weight is 262 g/mol. The van der Waals surface area contributed by atoms with Crippen molar-refractivity contribution < 1.29 is 0 Å². The van der Waals surface area contributed by atoms with E-state index in [0.29, 0.717) is 17.9 Å². The highest BCUT2D eigenvalue weighted by atomic mass is 15.3. The van der Waals surface area contributed by atoms with Crippen LogP contribution in [0.3, 0.4) is 0 Å². The Bertz CT molecular complexity index is 790. The van der Waals surface area contributed by atoms with E-state index in [2.05, 4.69) is 35.4 Å². The minimum absolute atomic E-state index is 0.433. The van der Waals surface area contributed by atoms with Gasteiger partial charge in [0, 0.05) is 6.54 Å². The van der Waals surface area contributed by atoms with Gasteiger partial charge in [-0.05, 0) is 22.8 Å². The summed E-state index contributed by atoms with van der Waals surface area (Å²) in [7, 11) is 0. The van der Waals surface area contributed by atoms with Gasteiger partial charge in [0.25, 0.3) is 0 Å². The number of nitrogens with zero attached hydrogens (tertiary/aromatic N) is 3. The predicted molar refractivity (Wildman–Crippen MR) is 79.0 cm³/mol. The molecular formula is C16H14N4. The molecule has 1 aromatic heterocycles. The van der Waals surface area contributed by atoms with Gasteiger partial charge >= 0.3 is 0 Å². The fraction of sp³-hybridized carbons (Fsp3) is 0.125. The van der Waals surface area contributed by atoms with Gasteiger partial charge in [0.2, 0.25) is 0 Å². The lowest BCUT2D eigenvalue weighted by molar-refractivity contribution is 0.625. The minimum Gasteiger partial charge on any atom is -0.383 e. The summed E-state index contributed by atoms with van der Waals surface area (Å²) in [6.45, 7) is 0.668. The van der Waals surface area contributed by atoms with E-state index >= 15 is 0 Å². The maximum absolute atomic E-state index is 8.88. The van der Waals surface area contributed by atoms with Crippen LogP contribution in [0.2, 0.25) is 0 Å². The number of nitrogen functional groups attached to an aromatic ring is 1. The molecule has 0 saturated heterocycles. The van der Waals surface area contributed by atoms with Crippen LogP contribution < -0.4 is 5.73 Å². The molecule has 0 atom stereocenters. The van der Waals surface area contributed by atoms with Gasteiger partial charge in [-0.1, -0.05) is 42.5 Å². The van der Waals surface area contributed by atoms with Crippen LogP contribution in [0, 0.1) is 11.3 Å². The van der Waals surface area contributed by atoms with Crippen LogP contribution in [0.1, 0.15) is 11.1 Å². The van der Waals surface area contributed by atoms with Crippen LogP contribution >= 0.6 is 0 Å². The second kappa shape index (κ2) is 5.06. The molecule has 4 nitrogen and oxygen atoms in total. The maximum Gasteiger partial charge on any atom is 0.139 e. The quantitative estimate of drug-likeness (QED) is 0.789. The molecule has 2 N–H and O–H groups in total. The highest BCUT2D eigenvalue weighted by Crippen LogP contribution is 2.20. The van der Waals surface area contributed by atoms with E-state index in [-0.39, 0.29) is 0 Å². The molecule has 0 unspecified atom stereocenters. The van der Waals surface area contributed by atoms with Crippen molar-refractivity contribution in [3.8, 4) is 6.07 Å². The monoisotopic (exact) mass is 262 g/mol. The fourth-order valence-electron chi connectivity index (χ4n) is 2.40. The van der Waals surface area contributed by atoms with Gasteiger partial charge in [0.1, 0.15) is 17.5 Å². The Morgan fingerprint density at radius 1 is 1.15 bits per heavy atom. The van der Waals surface area contributed by atoms with Crippen molar-refractivity contribution in [2.45, 2.75) is 13.0 Å². The molecule has 0 spiro atoms. The average Bonchev–Trinajstić information content (AvgIpc) is 2.85. The summed E-state index contributed by atoms with van der Waals surface area (Å²) in [6, 6.07) is 16.6. The van der Waals surface area contributed by atoms with Crippen molar-refractivity contribution >= 4 is 16.6 Å². The molecule has 3 rings (SSSR count). The standard InChI is InChI=1S/C16H14N4/c17-10-14-11-19-20(16(14)18)9-8-13-6-3-5-12-4-1-2-7-15(12)13/h1-7,11H,8-9,18H2. The molecule has 98 valence electrons. The summed E-state index contributed by atoms with van der Waals surface area (Å²) < 4.78 is 1.68. The largest absolute Gasteiger partial charge is 0.383 e. The number of hydrogen-bond donors (Lipinski definition) is 1. The zero-order valence-electron chi connectivity index (χ0n) is 11.0. The number of benzene rings is 2. The van der Waals surface area contributed by atoms with E-state index in [1.165, 1.54) is 22.5 Å². The Labute approximate surface area is 117 Å². The Morgan fingerprint density at radius 3 is 2.75 bits per heavy atom. The summed E-state index contributed by atoms with van der Waals surface area (Å²) in [5.41, 5.74) is 7.56. The summed E-state index contributed by atoms with van der Waals surface area (Å²) in [5, 5.41) is 15.5. The van der Waals surface area contributed by atoms with E-state index in [1.54, 1.807) is 4.68 Å². The van der Waals surface area contributed by atoms with E-state index in [1.807, 2.05) is 18.2 Å². The molecule has 3 aromatic rings. The molecule has 0 fully saturated rings. The first-order valence-corrected chi connectivity index (χ1v) is 6.47. The number of fused-ring (bicyclic) bond motifs is 1. The van der Waals surface area contributed by atoms with E-state index < -0.39 is 0 Å². The number of anilines is 1. The lowest BCUT2D eigenvalue weighted by Gasteiger charge is -2.07. The molecule has 4 heteroatoms. The van der Waals surface area contributed by atoms with Crippen molar-refractivity contribution in [2.75, 3.05) is 5.73 Å². The van der Waals surface area contributed by atoms with Crippen LogP contribution in [-0.4, -0.2) is 9.78 Å². The van der Waals surface area contributed by atoms with Crippen molar-refractivity contribution in [1.29, 1.82) is 5.26 Å².